The Morgan fingerprint density at radius 3 is 2.18 bits per heavy atom. The van der Waals surface area contributed by atoms with Gasteiger partial charge in [-0.1, -0.05) is 26.8 Å². The van der Waals surface area contributed by atoms with Crippen LogP contribution in [0.2, 0.25) is 0 Å². The second-order valence-corrected chi connectivity index (χ2v) is 5.59. The molecule has 2 atom stereocenters. The second-order valence-electron chi connectivity index (χ2n) is 5.59. The van der Waals surface area contributed by atoms with Crippen LogP contribution in [0.1, 0.15) is 44.9 Å². The van der Waals surface area contributed by atoms with Crippen molar-refractivity contribution < 1.29 is 4.74 Å². The Morgan fingerprint density at radius 2 is 1.76 bits per heavy atom. The molecule has 96 valence electrons. The highest BCUT2D eigenvalue weighted by Gasteiger charge is 2.20. The van der Waals surface area contributed by atoms with Crippen molar-refractivity contribution in [1.82, 2.24) is 0 Å². The van der Waals surface area contributed by atoms with Gasteiger partial charge in [-0.25, -0.2) is 0 Å². The number of ether oxygens (including phenoxy) is 1. The Bertz CT molecular complexity index is 380. The molecule has 3 heteroatoms. The van der Waals surface area contributed by atoms with E-state index >= 15 is 0 Å². The molecule has 2 unspecified atom stereocenters. The van der Waals surface area contributed by atoms with Crippen molar-refractivity contribution in [2.75, 3.05) is 7.11 Å². The first-order valence-corrected chi connectivity index (χ1v) is 5.97. The van der Waals surface area contributed by atoms with Gasteiger partial charge in [0.15, 0.2) is 0 Å². The number of hydrogen-bond acceptors (Lipinski definition) is 3. The fraction of sp³-hybridized carbons (Fsp3) is 0.571. The molecule has 0 aliphatic carbocycles. The maximum Gasteiger partial charge on any atom is 0.123 e. The molecule has 0 spiro atoms. The van der Waals surface area contributed by atoms with Crippen LogP contribution >= 0.6 is 0 Å². The normalized spacial score (nSPS) is 15.5. The van der Waals surface area contributed by atoms with Gasteiger partial charge < -0.3 is 16.2 Å². The molecule has 3 nitrogen and oxygen atoms in total. The van der Waals surface area contributed by atoms with Crippen molar-refractivity contribution in [2.24, 2.45) is 11.5 Å². The summed E-state index contributed by atoms with van der Waals surface area (Å²) in [6, 6.07) is 5.85. The largest absolute Gasteiger partial charge is 0.496 e. The lowest BCUT2D eigenvalue weighted by Crippen LogP contribution is -2.31. The lowest BCUT2D eigenvalue weighted by atomic mass is 9.84. The summed E-state index contributed by atoms with van der Waals surface area (Å²) in [4.78, 5) is 0. The van der Waals surface area contributed by atoms with Gasteiger partial charge in [-0.2, -0.15) is 0 Å². The van der Waals surface area contributed by atoms with E-state index in [1.54, 1.807) is 7.11 Å². The van der Waals surface area contributed by atoms with Crippen LogP contribution in [-0.4, -0.2) is 13.2 Å². The molecule has 0 aliphatic heterocycles. The molecule has 0 bridgehead atoms. The van der Waals surface area contributed by atoms with Crippen LogP contribution in [0.3, 0.4) is 0 Å². The average molecular weight is 236 g/mol. The Balaban J connectivity index is 3.25. The number of nitrogens with two attached hydrogens (primary N) is 2. The fourth-order valence-electron chi connectivity index (χ4n) is 1.74. The summed E-state index contributed by atoms with van der Waals surface area (Å²) in [5.41, 5.74) is 14.3. The van der Waals surface area contributed by atoms with E-state index < -0.39 is 0 Å². The molecule has 0 saturated carbocycles. The number of hydrogen-bond donors (Lipinski definition) is 2. The predicted octanol–water partition coefficient (Wildman–Crippen LogP) is 2.34. The highest BCUT2D eigenvalue weighted by Crippen LogP contribution is 2.31. The van der Waals surface area contributed by atoms with Gasteiger partial charge in [0, 0.05) is 17.6 Å². The topological polar surface area (TPSA) is 61.3 Å². The highest BCUT2D eigenvalue weighted by molar-refractivity contribution is 5.42. The van der Waals surface area contributed by atoms with Gasteiger partial charge in [-0.3, -0.25) is 0 Å². The van der Waals surface area contributed by atoms with Crippen LogP contribution in [0.15, 0.2) is 18.2 Å². The average Bonchev–Trinajstić information content (AvgIpc) is 2.25. The van der Waals surface area contributed by atoms with E-state index in [9.17, 15) is 0 Å². The summed E-state index contributed by atoms with van der Waals surface area (Å²) in [5, 5.41) is 0. The third-order valence-corrected chi connectivity index (χ3v) is 3.02. The van der Waals surface area contributed by atoms with E-state index in [4.69, 9.17) is 16.2 Å². The van der Waals surface area contributed by atoms with Gasteiger partial charge in [0.25, 0.3) is 0 Å². The third-order valence-electron chi connectivity index (χ3n) is 3.02. The minimum absolute atomic E-state index is 0.0958. The molecule has 4 N–H and O–H groups in total. The standard InChI is InChI=1S/C14H24N2O/c1-9(15)13(16)11-8-10(14(2,3)4)6-7-12(11)17-5/h6-9,13H,15-16H2,1-5H3. The first-order valence-electron chi connectivity index (χ1n) is 5.97. The number of methoxy groups -OCH3 is 1. The smallest absolute Gasteiger partial charge is 0.123 e. The van der Waals surface area contributed by atoms with Crippen molar-refractivity contribution in [3.63, 3.8) is 0 Å². The molecular weight excluding hydrogens is 212 g/mol. The van der Waals surface area contributed by atoms with E-state index in [0.717, 1.165) is 11.3 Å². The van der Waals surface area contributed by atoms with Crippen molar-refractivity contribution >= 4 is 0 Å². The van der Waals surface area contributed by atoms with Gasteiger partial charge in [0.1, 0.15) is 5.75 Å². The summed E-state index contributed by atoms with van der Waals surface area (Å²) in [6.07, 6.45) is 0. The Kier molecular flexibility index (Phi) is 4.17. The second kappa shape index (κ2) is 5.07. The zero-order valence-electron chi connectivity index (χ0n) is 11.4. The Hall–Kier alpha value is -1.06. The lowest BCUT2D eigenvalue weighted by Gasteiger charge is -2.24. The van der Waals surface area contributed by atoms with E-state index in [2.05, 4.69) is 32.9 Å². The first-order chi connectivity index (χ1) is 7.77. The molecule has 0 saturated heterocycles. The lowest BCUT2D eigenvalue weighted by molar-refractivity contribution is 0.401. The predicted molar refractivity (Wildman–Crippen MR) is 72.3 cm³/mol. The molecular formula is C14H24N2O. The molecule has 0 amide bonds. The van der Waals surface area contributed by atoms with Crippen LogP contribution in [0.4, 0.5) is 0 Å². The highest BCUT2D eigenvalue weighted by atomic mass is 16.5. The molecule has 1 aromatic carbocycles. The van der Waals surface area contributed by atoms with Gasteiger partial charge in [-0.15, -0.1) is 0 Å². The number of rotatable bonds is 3. The molecule has 1 rings (SSSR count). The van der Waals surface area contributed by atoms with Gasteiger partial charge in [-0.05, 0) is 30.0 Å². The van der Waals surface area contributed by atoms with Crippen LogP contribution in [0, 0.1) is 0 Å². The van der Waals surface area contributed by atoms with E-state index in [1.165, 1.54) is 5.56 Å². The van der Waals surface area contributed by atoms with Gasteiger partial charge in [0.05, 0.1) is 7.11 Å². The SMILES string of the molecule is COc1ccc(C(C)(C)C)cc1C(N)C(C)N. The van der Waals surface area contributed by atoms with Crippen LogP contribution in [-0.2, 0) is 5.41 Å². The molecule has 0 fully saturated rings. The molecule has 17 heavy (non-hydrogen) atoms. The monoisotopic (exact) mass is 236 g/mol. The number of benzene rings is 1. The molecule has 0 aliphatic rings. The maximum absolute atomic E-state index is 6.12. The van der Waals surface area contributed by atoms with Crippen molar-refractivity contribution in [3.8, 4) is 5.75 Å². The summed E-state index contributed by atoms with van der Waals surface area (Å²) in [5.74, 6) is 0.808. The summed E-state index contributed by atoms with van der Waals surface area (Å²) in [6.45, 7) is 8.44. The van der Waals surface area contributed by atoms with E-state index in [0.29, 0.717) is 0 Å². The minimum atomic E-state index is -0.202. The summed E-state index contributed by atoms with van der Waals surface area (Å²) >= 11 is 0. The quantitative estimate of drug-likeness (QED) is 0.846. The van der Waals surface area contributed by atoms with E-state index in [1.807, 2.05) is 13.0 Å². The molecule has 0 aromatic heterocycles. The van der Waals surface area contributed by atoms with Crippen molar-refractivity contribution in [1.29, 1.82) is 0 Å². The van der Waals surface area contributed by atoms with Gasteiger partial charge in [0.2, 0.25) is 0 Å². The molecule has 0 heterocycles. The molecule has 1 aromatic rings. The Morgan fingerprint density at radius 1 is 1.18 bits per heavy atom. The summed E-state index contributed by atoms with van der Waals surface area (Å²) in [7, 11) is 1.66. The minimum Gasteiger partial charge on any atom is -0.496 e. The van der Waals surface area contributed by atoms with Crippen molar-refractivity contribution in [3.05, 3.63) is 29.3 Å². The van der Waals surface area contributed by atoms with E-state index in [-0.39, 0.29) is 17.5 Å². The zero-order chi connectivity index (χ0) is 13.2. The van der Waals surface area contributed by atoms with Crippen LogP contribution < -0.4 is 16.2 Å². The van der Waals surface area contributed by atoms with Gasteiger partial charge >= 0.3 is 0 Å². The zero-order valence-corrected chi connectivity index (χ0v) is 11.4. The summed E-state index contributed by atoms with van der Waals surface area (Å²) < 4.78 is 5.35. The maximum atomic E-state index is 6.12. The van der Waals surface area contributed by atoms with Crippen LogP contribution in [0.25, 0.3) is 0 Å². The van der Waals surface area contributed by atoms with Crippen molar-refractivity contribution in [2.45, 2.75) is 45.2 Å². The Labute approximate surface area is 104 Å². The first kappa shape index (κ1) is 14.0. The third kappa shape index (κ3) is 3.20. The molecule has 0 radical (unpaired) electrons. The van der Waals surface area contributed by atoms with Crippen LogP contribution in [0.5, 0.6) is 5.75 Å². The fourth-order valence-corrected chi connectivity index (χ4v) is 1.74.